The molecule has 0 radical (unpaired) electrons. The molecule has 0 bridgehead atoms. The summed E-state index contributed by atoms with van der Waals surface area (Å²) in [6.07, 6.45) is 2.53. The van der Waals surface area contributed by atoms with Gasteiger partial charge in [-0.3, -0.25) is 0 Å². The fourth-order valence-electron chi connectivity index (χ4n) is 1.66. The first-order chi connectivity index (χ1) is 8.31. The van der Waals surface area contributed by atoms with Gasteiger partial charge in [-0.05, 0) is 31.9 Å². The molecule has 0 saturated heterocycles. The van der Waals surface area contributed by atoms with Crippen molar-refractivity contribution in [3.05, 3.63) is 35.7 Å². The highest BCUT2D eigenvalue weighted by atomic mass is 16.4. The zero-order chi connectivity index (χ0) is 11.7. The second-order valence-electron chi connectivity index (χ2n) is 4.52. The third kappa shape index (κ3) is 2.53. The highest BCUT2D eigenvalue weighted by molar-refractivity contribution is 5.52. The molecule has 1 aliphatic rings. The first kappa shape index (κ1) is 10.5. The van der Waals surface area contributed by atoms with Gasteiger partial charge in [-0.1, -0.05) is 17.7 Å². The predicted molar refractivity (Wildman–Crippen MR) is 64.3 cm³/mol. The van der Waals surface area contributed by atoms with Crippen LogP contribution < -0.4 is 5.32 Å². The first-order valence-corrected chi connectivity index (χ1v) is 5.94. The van der Waals surface area contributed by atoms with Gasteiger partial charge in [0.25, 0.3) is 0 Å². The minimum Gasteiger partial charge on any atom is -0.419 e. The Morgan fingerprint density at radius 2 is 2.00 bits per heavy atom. The predicted octanol–water partition coefficient (Wildman–Crippen LogP) is 2.30. The van der Waals surface area contributed by atoms with Gasteiger partial charge in [-0.25, -0.2) is 0 Å². The second-order valence-corrected chi connectivity index (χ2v) is 4.52. The monoisotopic (exact) mass is 229 g/mol. The minimum atomic E-state index is 0.595. The number of aromatic nitrogens is 2. The number of hydrogen-bond acceptors (Lipinski definition) is 4. The number of rotatable bonds is 4. The molecule has 1 fully saturated rings. The topological polar surface area (TPSA) is 51.0 Å². The molecule has 0 unspecified atom stereocenters. The van der Waals surface area contributed by atoms with E-state index in [9.17, 15) is 0 Å². The summed E-state index contributed by atoms with van der Waals surface area (Å²) in [6.45, 7) is 2.73. The standard InChI is InChI=1S/C13H15N3O/c1-9-2-4-10(5-3-9)13-16-15-12(17-13)8-14-11-6-7-11/h2-5,11,14H,6-8H2,1H3. The van der Waals surface area contributed by atoms with Crippen molar-refractivity contribution in [1.29, 1.82) is 0 Å². The van der Waals surface area contributed by atoms with E-state index in [-0.39, 0.29) is 0 Å². The summed E-state index contributed by atoms with van der Waals surface area (Å²) in [5, 5.41) is 11.4. The fraction of sp³-hybridized carbons (Fsp3) is 0.385. The van der Waals surface area contributed by atoms with Crippen LogP contribution in [-0.4, -0.2) is 16.2 Å². The van der Waals surface area contributed by atoms with E-state index >= 15 is 0 Å². The summed E-state index contributed by atoms with van der Waals surface area (Å²) in [5.41, 5.74) is 2.20. The van der Waals surface area contributed by atoms with Crippen LogP contribution in [0.2, 0.25) is 0 Å². The van der Waals surface area contributed by atoms with Crippen LogP contribution in [0.1, 0.15) is 24.3 Å². The zero-order valence-corrected chi connectivity index (χ0v) is 9.81. The van der Waals surface area contributed by atoms with Crippen molar-refractivity contribution in [2.45, 2.75) is 32.4 Å². The maximum atomic E-state index is 5.60. The van der Waals surface area contributed by atoms with Gasteiger partial charge in [0.05, 0.1) is 6.54 Å². The van der Waals surface area contributed by atoms with Crippen LogP contribution in [0.4, 0.5) is 0 Å². The van der Waals surface area contributed by atoms with Crippen molar-refractivity contribution in [3.63, 3.8) is 0 Å². The highest BCUT2D eigenvalue weighted by Gasteiger charge is 2.21. The van der Waals surface area contributed by atoms with E-state index in [0.717, 1.165) is 5.56 Å². The van der Waals surface area contributed by atoms with E-state index in [1.807, 2.05) is 24.3 Å². The smallest absolute Gasteiger partial charge is 0.247 e. The quantitative estimate of drug-likeness (QED) is 0.874. The lowest BCUT2D eigenvalue weighted by Gasteiger charge is -1.97. The van der Waals surface area contributed by atoms with Crippen molar-refractivity contribution in [2.24, 2.45) is 0 Å². The molecule has 0 amide bonds. The normalized spacial score (nSPS) is 15.1. The molecule has 0 spiro atoms. The van der Waals surface area contributed by atoms with E-state index in [2.05, 4.69) is 22.4 Å². The minimum absolute atomic E-state index is 0.595. The molecule has 1 N–H and O–H groups in total. The lowest BCUT2D eigenvalue weighted by molar-refractivity contribution is 0.476. The SMILES string of the molecule is Cc1ccc(-c2nnc(CNC3CC3)o2)cc1. The van der Waals surface area contributed by atoms with Gasteiger partial charge in [0, 0.05) is 11.6 Å². The Labute approximate surface area is 100 Å². The van der Waals surface area contributed by atoms with Crippen molar-refractivity contribution in [3.8, 4) is 11.5 Å². The number of hydrogen-bond donors (Lipinski definition) is 1. The molecule has 88 valence electrons. The van der Waals surface area contributed by atoms with E-state index in [1.165, 1.54) is 18.4 Å². The third-order valence-electron chi connectivity index (χ3n) is 2.88. The number of aryl methyl sites for hydroxylation is 1. The van der Waals surface area contributed by atoms with Crippen molar-refractivity contribution < 1.29 is 4.42 Å². The molecule has 1 aliphatic carbocycles. The summed E-state index contributed by atoms with van der Waals surface area (Å²) >= 11 is 0. The van der Waals surface area contributed by atoms with Gasteiger partial charge >= 0.3 is 0 Å². The second kappa shape index (κ2) is 4.30. The summed E-state index contributed by atoms with van der Waals surface area (Å²) < 4.78 is 5.60. The Hall–Kier alpha value is -1.68. The van der Waals surface area contributed by atoms with Crippen LogP contribution in [0, 0.1) is 6.92 Å². The molecule has 3 rings (SSSR count). The van der Waals surface area contributed by atoms with Crippen molar-refractivity contribution in [2.75, 3.05) is 0 Å². The van der Waals surface area contributed by atoms with Gasteiger partial charge in [0.2, 0.25) is 11.8 Å². The number of benzene rings is 1. The van der Waals surface area contributed by atoms with Crippen LogP contribution in [0.25, 0.3) is 11.5 Å². The Bertz CT molecular complexity index is 500. The maximum Gasteiger partial charge on any atom is 0.247 e. The van der Waals surface area contributed by atoms with Crippen LogP contribution >= 0.6 is 0 Å². The fourth-order valence-corrected chi connectivity index (χ4v) is 1.66. The zero-order valence-electron chi connectivity index (χ0n) is 9.81. The van der Waals surface area contributed by atoms with E-state index in [4.69, 9.17) is 4.42 Å². The third-order valence-corrected chi connectivity index (χ3v) is 2.88. The van der Waals surface area contributed by atoms with E-state index < -0.39 is 0 Å². The number of nitrogens with zero attached hydrogens (tertiary/aromatic N) is 2. The molecule has 17 heavy (non-hydrogen) atoms. The summed E-state index contributed by atoms with van der Waals surface area (Å²) in [7, 11) is 0. The van der Waals surface area contributed by atoms with Crippen molar-refractivity contribution >= 4 is 0 Å². The van der Waals surface area contributed by atoms with Gasteiger partial charge in [0.15, 0.2) is 0 Å². The number of nitrogens with one attached hydrogen (secondary N) is 1. The maximum absolute atomic E-state index is 5.60. The highest BCUT2D eigenvalue weighted by Crippen LogP contribution is 2.21. The van der Waals surface area contributed by atoms with E-state index in [1.54, 1.807) is 0 Å². The molecule has 1 aromatic heterocycles. The average molecular weight is 229 g/mol. The van der Waals surface area contributed by atoms with Crippen LogP contribution in [0.3, 0.4) is 0 Å². The van der Waals surface area contributed by atoms with Crippen LogP contribution in [-0.2, 0) is 6.54 Å². The Balaban J connectivity index is 1.72. The molecule has 4 nitrogen and oxygen atoms in total. The molecule has 1 heterocycles. The first-order valence-electron chi connectivity index (χ1n) is 5.94. The lowest BCUT2D eigenvalue weighted by Crippen LogP contribution is -2.15. The van der Waals surface area contributed by atoms with E-state index in [0.29, 0.717) is 24.4 Å². The molecule has 1 aromatic carbocycles. The van der Waals surface area contributed by atoms with Gasteiger partial charge in [0.1, 0.15) is 0 Å². The van der Waals surface area contributed by atoms with Gasteiger partial charge in [-0.2, -0.15) is 0 Å². The molecular formula is C13H15N3O. The Kier molecular flexibility index (Phi) is 2.65. The summed E-state index contributed by atoms with van der Waals surface area (Å²) in [5.74, 6) is 1.25. The van der Waals surface area contributed by atoms with Gasteiger partial charge in [-0.15, -0.1) is 10.2 Å². The Morgan fingerprint density at radius 1 is 1.24 bits per heavy atom. The molecule has 2 aromatic rings. The van der Waals surface area contributed by atoms with Gasteiger partial charge < -0.3 is 9.73 Å². The Morgan fingerprint density at radius 3 is 2.71 bits per heavy atom. The van der Waals surface area contributed by atoms with Crippen molar-refractivity contribution in [1.82, 2.24) is 15.5 Å². The molecule has 0 atom stereocenters. The average Bonchev–Trinajstić information content (AvgIpc) is 3.06. The molecule has 4 heteroatoms. The largest absolute Gasteiger partial charge is 0.419 e. The molecule has 0 aliphatic heterocycles. The lowest BCUT2D eigenvalue weighted by atomic mass is 10.1. The van der Waals surface area contributed by atoms with Crippen LogP contribution in [0.15, 0.2) is 28.7 Å². The summed E-state index contributed by atoms with van der Waals surface area (Å²) in [6, 6.07) is 8.75. The van der Waals surface area contributed by atoms with Crippen LogP contribution in [0.5, 0.6) is 0 Å². The molecular weight excluding hydrogens is 214 g/mol. The molecule has 1 saturated carbocycles. The summed E-state index contributed by atoms with van der Waals surface area (Å²) in [4.78, 5) is 0.